The van der Waals surface area contributed by atoms with Crippen LogP contribution < -0.4 is 5.32 Å². The highest BCUT2D eigenvalue weighted by atomic mass is 32.3. The Bertz CT molecular complexity index is 308. The predicted octanol–water partition coefficient (Wildman–Crippen LogP) is 2.94. The van der Waals surface area contributed by atoms with Crippen LogP contribution in [0.4, 0.5) is 0 Å². The smallest absolute Gasteiger partial charge is 0.307 e. The predicted molar refractivity (Wildman–Crippen MR) is 75.2 cm³/mol. The molecular weight excluding hydrogens is 254 g/mol. The molecule has 0 amide bonds. The van der Waals surface area contributed by atoms with Crippen LogP contribution in [0, 0.1) is 5.41 Å². The highest BCUT2D eigenvalue weighted by molar-refractivity contribution is 7.79. The second kappa shape index (κ2) is 6.32. The van der Waals surface area contributed by atoms with Crippen LogP contribution in [0.2, 0.25) is 0 Å². The van der Waals surface area contributed by atoms with Crippen molar-refractivity contribution in [2.75, 3.05) is 0 Å². The van der Waals surface area contributed by atoms with Crippen LogP contribution in [0.1, 0.15) is 61.8 Å². The Kier molecular flexibility index (Phi) is 7.08. The van der Waals surface area contributed by atoms with Gasteiger partial charge in [-0.2, -0.15) is 8.42 Å². The lowest BCUT2D eigenvalue weighted by atomic mass is 9.81. The molecule has 18 heavy (non-hydrogen) atoms. The Labute approximate surface area is 112 Å². The second-order valence-corrected chi connectivity index (χ2v) is 8.34. The van der Waals surface area contributed by atoms with Crippen LogP contribution in [0.15, 0.2) is 0 Å². The summed E-state index contributed by atoms with van der Waals surface area (Å²) < 4.78 is 31.6. The fourth-order valence-electron chi connectivity index (χ4n) is 2.39. The molecule has 0 saturated heterocycles. The molecule has 6 heteroatoms. The molecule has 0 radical (unpaired) electrons. The maximum Gasteiger partial charge on any atom is 0.394 e. The fraction of sp³-hybridized carbons (Fsp3) is 1.00. The minimum Gasteiger partial charge on any atom is -0.307 e. The van der Waals surface area contributed by atoms with Gasteiger partial charge in [-0.1, -0.05) is 20.8 Å². The summed E-state index contributed by atoms with van der Waals surface area (Å²) in [4.78, 5) is 0. The average Bonchev–Trinajstić information content (AvgIpc) is 1.64. The van der Waals surface area contributed by atoms with Crippen molar-refractivity contribution >= 4 is 10.4 Å². The van der Waals surface area contributed by atoms with Crippen LogP contribution >= 0.6 is 0 Å². The molecule has 0 aliphatic carbocycles. The van der Waals surface area contributed by atoms with E-state index in [1.54, 1.807) is 0 Å². The van der Waals surface area contributed by atoms with E-state index in [2.05, 4.69) is 60.7 Å². The number of rotatable bonds is 2. The third-order valence-electron chi connectivity index (χ3n) is 1.69. The largest absolute Gasteiger partial charge is 0.394 e. The van der Waals surface area contributed by atoms with E-state index in [9.17, 15) is 0 Å². The summed E-state index contributed by atoms with van der Waals surface area (Å²) >= 11 is 0. The first kappa shape index (κ1) is 20.2. The zero-order chi connectivity index (χ0) is 15.4. The molecule has 0 aromatic carbocycles. The SMILES string of the molecule is CC(C)(C)CC(C)(C)NC(C)(C)C.O=S(=O)(O)O. The first-order valence-electron chi connectivity index (χ1n) is 5.91. The third kappa shape index (κ3) is 24.9. The Hall–Kier alpha value is -0.170. The molecule has 0 aliphatic rings. The number of hydrogen-bond donors (Lipinski definition) is 3. The van der Waals surface area contributed by atoms with E-state index in [0.717, 1.165) is 0 Å². The topological polar surface area (TPSA) is 86.6 Å². The molecular formula is C12H29NO4S. The first-order valence-corrected chi connectivity index (χ1v) is 7.30. The van der Waals surface area contributed by atoms with Crippen molar-refractivity contribution in [2.24, 2.45) is 5.41 Å². The highest BCUT2D eigenvalue weighted by Gasteiger charge is 2.28. The van der Waals surface area contributed by atoms with Crippen molar-refractivity contribution in [1.82, 2.24) is 5.32 Å². The van der Waals surface area contributed by atoms with Crippen molar-refractivity contribution < 1.29 is 17.5 Å². The van der Waals surface area contributed by atoms with Gasteiger partial charge in [-0.05, 0) is 46.5 Å². The molecule has 0 aromatic heterocycles. The molecule has 0 saturated carbocycles. The molecule has 5 nitrogen and oxygen atoms in total. The van der Waals surface area contributed by atoms with Gasteiger partial charge in [0.2, 0.25) is 0 Å². The second-order valence-electron chi connectivity index (χ2n) is 7.44. The molecule has 0 heterocycles. The van der Waals surface area contributed by atoms with Crippen LogP contribution in [-0.2, 0) is 10.4 Å². The average molecular weight is 283 g/mol. The fourth-order valence-corrected chi connectivity index (χ4v) is 2.39. The van der Waals surface area contributed by atoms with Gasteiger partial charge < -0.3 is 5.32 Å². The molecule has 3 N–H and O–H groups in total. The molecule has 0 unspecified atom stereocenters. The monoisotopic (exact) mass is 283 g/mol. The Morgan fingerprint density at radius 3 is 1.33 bits per heavy atom. The van der Waals surface area contributed by atoms with Gasteiger partial charge in [-0.15, -0.1) is 0 Å². The Morgan fingerprint density at radius 2 is 1.17 bits per heavy atom. The van der Waals surface area contributed by atoms with E-state index < -0.39 is 10.4 Å². The Balaban J connectivity index is 0. The number of nitrogens with one attached hydrogen (secondary N) is 1. The minimum absolute atomic E-state index is 0.203. The Morgan fingerprint density at radius 1 is 0.889 bits per heavy atom. The van der Waals surface area contributed by atoms with Crippen molar-refractivity contribution in [3.05, 3.63) is 0 Å². The summed E-state index contributed by atoms with van der Waals surface area (Å²) in [6, 6.07) is 0. The zero-order valence-corrected chi connectivity index (χ0v) is 13.6. The maximum atomic E-state index is 8.74. The van der Waals surface area contributed by atoms with Gasteiger partial charge in [0.1, 0.15) is 0 Å². The summed E-state index contributed by atoms with van der Waals surface area (Å²) in [5.41, 5.74) is 0.812. The molecule has 0 aromatic rings. The quantitative estimate of drug-likeness (QED) is 0.678. The summed E-state index contributed by atoms with van der Waals surface area (Å²) in [7, 11) is -4.67. The van der Waals surface area contributed by atoms with E-state index in [4.69, 9.17) is 17.5 Å². The van der Waals surface area contributed by atoms with E-state index in [1.807, 2.05) is 0 Å². The molecule has 0 atom stereocenters. The summed E-state index contributed by atoms with van der Waals surface area (Å²) in [6.07, 6.45) is 1.19. The van der Waals surface area contributed by atoms with Crippen LogP contribution in [-0.4, -0.2) is 28.6 Å². The van der Waals surface area contributed by atoms with Crippen molar-refractivity contribution in [2.45, 2.75) is 72.9 Å². The van der Waals surface area contributed by atoms with Gasteiger partial charge in [0.05, 0.1) is 0 Å². The van der Waals surface area contributed by atoms with Crippen LogP contribution in [0.3, 0.4) is 0 Å². The van der Waals surface area contributed by atoms with E-state index in [-0.39, 0.29) is 11.1 Å². The minimum atomic E-state index is -4.67. The van der Waals surface area contributed by atoms with Gasteiger partial charge in [-0.3, -0.25) is 9.11 Å². The summed E-state index contributed by atoms with van der Waals surface area (Å²) in [6.45, 7) is 18.1. The lowest BCUT2D eigenvalue weighted by Gasteiger charge is -2.39. The summed E-state index contributed by atoms with van der Waals surface area (Å²) in [5, 5.41) is 3.65. The van der Waals surface area contributed by atoms with Crippen molar-refractivity contribution in [3.63, 3.8) is 0 Å². The molecule has 0 bridgehead atoms. The van der Waals surface area contributed by atoms with Gasteiger partial charge in [0.15, 0.2) is 0 Å². The molecule has 112 valence electrons. The highest BCUT2D eigenvalue weighted by Crippen LogP contribution is 2.28. The van der Waals surface area contributed by atoms with Crippen LogP contribution in [0.25, 0.3) is 0 Å². The van der Waals surface area contributed by atoms with Gasteiger partial charge >= 0.3 is 10.4 Å². The normalized spacial score (nSPS) is 13.9. The molecule has 0 aliphatic heterocycles. The first-order chi connectivity index (χ1) is 7.41. The van der Waals surface area contributed by atoms with E-state index in [0.29, 0.717) is 5.41 Å². The van der Waals surface area contributed by atoms with Gasteiger partial charge in [0.25, 0.3) is 0 Å². The lowest BCUT2D eigenvalue weighted by Crippen LogP contribution is -2.51. The van der Waals surface area contributed by atoms with Gasteiger partial charge in [-0.25, -0.2) is 0 Å². The maximum absolute atomic E-state index is 8.74. The standard InChI is InChI=1S/C12H27N.H2O4S/c1-10(2,3)9-12(7,8)13-11(4,5)6;1-5(2,3)4/h13H,9H2,1-8H3;(H2,1,2,3,4). The third-order valence-corrected chi connectivity index (χ3v) is 1.69. The number of hydrogen-bond acceptors (Lipinski definition) is 3. The van der Waals surface area contributed by atoms with Crippen LogP contribution in [0.5, 0.6) is 0 Å². The van der Waals surface area contributed by atoms with E-state index in [1.165, 1.54) is 6.42 Å². The molecule has 0 spiro atoms. The molecule has 0 rings (SSSR count). The van der Waals surface area contributed by atoms with Gasteiger partial charge in [0, 0.05) is 11.1 Å². The van der Waals surface area contributed by atoms with Crippen molar-refractivity contribution in [3.8, 4) is 0 Å². The zero-order valence-electron chi connectivity index (χ0n) is 12.8. The molecule has 0 fully saturated rings. The lowest BCUT2D eigenvalue weighted by molar-refractivity contribution is 0.199. The summed E-state index contributed by atoms with van der Waals surface area (Å²) in [5.74, 6) is 0. The van der Waals surface area contributed by atoms with E-state index >= 15 is 0 Å². The van der Waals surface area contributed by atoms with Crippen molar-refractivity contribution in [1.29, 1.82) is 0 Å².